The quantitative estimate of drug-likeness (QED) is 0.803. The van der Waals surface area contributed by atoms with Gasteiger partial charge in [0, 0.05) is 30.6 Å². The van der Waals surface area contributed by atoms with Gasteiger partial charge < -0.3 is 4.90 Å². The van der Waals surface area contributed by atoms with Gasteiger partial charge in [0.1, 0.15) is 0 Å². The summed E-state index contributed by atoms with van der Waals surface area (Å²) in [5.41, 5.74) is 2.41. The fourth-order valence-electron chi connectivity index (χ4n) is 2.14. The van der Waals surface area contributed by atoms with Gasteiger partial charge >= 0.3 is 0 Å². The molecule has 2 rings (SSSR count). The smallest absolute Gasteiger partial charge is 0.246 e. The van der Waals surface area contributed by atoms with Crippen molar-refractivity contribution in [2.45, 2.75) is 19.8 Å². The van der Waals surface area contributed by atoms with Crippen LogP contribution in [-0.4, -0.2) is 27.8 Å². The molecular weight excluding hydrogens is 272 g/mol. The minimum atomic E-state index is -3.44. The number of hydrogen-bond donors (Lipinski definition) is 0. The summed E-state index contributed by atoms with van der Waals surface area (Å²) in [6.07, 6.45) is 3.46. The highest BCUT2D eigenvalue weighted by atomic mass is 35.5. The van der Waals surface area contributed by atoms with E-state index in [1.54, 1.807) is 0 Å². The summed E-state index contributed by atoms with van der Waals surface area (Å²) < 4.78 is 23.8. The second kappa shape index (κ2) is 4.97. The van der Waals surface area contributed by atoms with Crippen LogP contribution in [0.3, 0.4) is 0 Å². The molecule has 18 heavy (non-hydrogen) atoms. The van der Waals surface area contributed by atoms with Crippen molar-refractivity contribution >= 4 is 33.2 Å². The SMILES string of the molecule is Cc1ccc(N2CCCC2)cc1N(Cl)S(C)(=O)=O. The highest BCUT2D eigenvalue weighted by Crippen LogP contribution is 2.30. The average Bonchev–Trinajstić information content (AvgIpc) is 2.81. The molecule has 0 bridgehead atoms. The Kier molecular flexibility index (Phi) is 3.73. The van der Waals surface area contributed by atoms with E-state index in [9.17, 15) is 8.42 Å². The van der Waals surface area contributed by atoms with Gasteiger partial charge in [-0.05, 0) is 37.5 Å². The van der Waals surface area contributed by atoms with Crippen LogP contribution in [-0.2, 0) is 10.0 Å². The lowest BCUT2D eigenvalue weighted by molar-refractivity contribution is 0.603. The van der Waals surface area contributed by atoms with E-state index >= 15 is 0 Å². The first-order valence-electron chi connectivity index (χ1n) is 5.91. The molecule has 0 aromatic heterocycles. The first-order valence-corrected chi connectivity index (χ1v) is 8.10. The van der Waals surface area contributed by atoms with Gasteiger partial charge in [0.05, 0.1) is 11.9 Å². The van der Waals surface area contributed by atoms with E-state index < -0.39 is 10.0 Å². The van der Waals surface area contributed by atoms with Crippen molar-refractivity contribution in [3.8, 4) is 0 Å². The zero-order chi connectivity index (χ0) is 13.3. The maximum atomic E-state index is 11.5. The van der Waals surface area contributed by atoms with Gasteiger partial charge in [0.15, 0.2) is 0 Å². The Labute approximate surface area is 113 Å². The van der Waals surface area contributed by atoms with E-state index in [0.29, 0.717) is 5.69 Å². The zero-order valence-electron chi connectivity index (χ0n) is 10.6. The van der Waals surface area contributed by atoms with Crippen molar-refractivity contribution in [1.82, 2.24) is 0 Å². The van der Waals surface area contributed by atoms with Gasteiger partial charge in [-0.2, -0.15) is 3.82 Å². The molecule has 1 aromatic carbocycles. The summed E-state index contributed by atoms with van der Waals surface area (Å²) in [5, 5.41) is 0. The van der Waals surface area contributed by atoms with Gasteiger partial charge in [-0.15, -0.1) is 0 Å². The Morgan fingerprint density at radius 2 is 1.89 bits per heavy atom. The van der Waals surface area contributed by atoms with E-state index in [2.05, 4.69) is 4.90 Å². The Balaban J connectivity index is 2.38. The molecule has 1 fully saturated rings. The molecule has 6 heteroatoms. The highest BCUT2D eigenvalue weighted by Gasteiger charge is 2.19. The molecule has 1 aliphatic heterocycles. The maximum Gasteiger partial charge on any atom is 0.246 e. The third-order valence-electron chi connectivity index (χ3n) is 3.14. The zero-order valence-corrected chi connectivity index (χ0v) is 12.1. The molecule has 0 saturated carbocycles. The number of nitrogens with zero attached hydrogens (tertiary/aromatic N) is 2. The van der Waals surface area contributed by atoms with E-state index in [1.165, 1.54) is 12.8 Å². The number of anilines is 2. The van der Waals surface area contributed by atoms with Crippen LogP contribution < -0.4 is 8.72 Å². The van der Waals surface area contributed by atoms with E-state index in [4.69, 9.17) is 11.8 Å². The fourth-order valence-corrected chi connectivity index (χ4v) is 2.87. The molecule has 0 atom stereocenters. The molecule has 100 valence electrons. The van der Waals surface area contributed by atoms with E-state index in [1.807, 2.05) is 25.1 Å². The van der Waals surface area contributed by atoms with Gasteiger partial charge in [-0.1, -0.05) is 6.07 Å². The Hall–Kier alpha value is -0.940. The van der Waals surface area contributed by atoms with Crippen molar-refractivity contribution in [3.05, 3.63) is 23.8 Å². The topological polar surface area (TPSA) is 40.6 Å². The molecule has 1 heterocycles. The number of benzene rings is 1. The van der Waals surface area contributed by atoms with Crippen LogP contribution in [0.25, 0.3) is 0 Å². The third kappa shape index (κ3) is 2.72. The van der Waals surface area contributed by atoms with Gasteiger partial charge in [-0.25, -0.2) is 8.42 Å². The van der Waals surface area contributed by atoms with Crippen molar-refractivity contribution in [3.63, 3.8) is 0 Å². The van der Waals surface area contributed by atoms with Crippen molar-refractivity contribution in [1.29, 1.82) is 0 Å². The number of halogens is 1. The third-order valence-corrected chi connectivity index (χ3v) is 4.86. The summed E-state index contributed by atoms with van der Waals surface area (Å²) in [7, 11) is -3.44. The Morgan fingerprint density at radius 3 is 2.44 bits per heavy atom. The molecule has 0 amide bonds. The summed E-state index contributed by atoms with van der Waals surface area (Å²) in [4.78, 5) is 2.25. The van der Waals surface area contributed by atoms with Crippen LogP contribution >= 0.6 is 11.8 Å². The minimum Gasteiger partial charge on any atom is -0.371 e. The molecule has 1 saturated heterocycles. The van der Waals surface area contributed by atoms with Crippen LogP contribution in [0.4, 0.5) is 11.4 Å². The second-order valence-corrected chi connectivity index (χ2v) is 7.01. The number of sulfonamides is 1. The van der Waals surface area contributed by atoms with Crippen LogP contribution in [0.1, 0.15) is 18.4 Å². The molecule has 0 radical (unpaired) electrons. The van der Waals surface area contributed by atoms with Crippen LogP contribution in [0.2, 0.25) is 0 Å². The normalized spacial score (nSPS) is 16.1. The Bertz CT molecular complexity index is 539. The van der Waals surface area contributed by atoms with Crippen molar-refractivity contribution in [2.75, 3.05) is 28.1 Å². The predicted octanol–water partition coefficient (Wildman–Crippen LogP) is 2.52. The molecule has 1 aromatic rings. The summed E-state index contributed by atoms with van der Waals surface area (Å²) in [6.45, 7) is 3.89. The molecule has 0 N–H and O–H groups in total. The average molecular weight is 289 g/mol. The Morgan fingerprint density at radius 1 is 1.28 bits per heavy atom. The van der Waals surface area contributed by atoms with Crippen LogP contribution in [0.5, 0.6) is 0 Å². The first kappa shape index (κ1) is 13.5. The summed E-state index contributed by atoms with van der Waals surface area (Å²) in [5.74, 6) is 0. The van der Waals surface area contributed by atoms with Crippen molar-refractivity contribution in [2.24, 2.45) is 0 Å². The molecule has 0 unspecified atom stereocenters. The molecule has 0 aliphatic carbocycles. The number of rotatable bonds is 3. The van der Waals surface area contributed by atoms with Gasteiger partial charge in [0.2, 0.25) is 10.0 Å². The van der Waals surface area contributed by atoms with Gasteiger partial charge in [0.25, 0.3) is 0 Å². The molecule has 1 aliphatic rings. The largest absolute Gasteiger partial charge is 0.371 e. The van der Waals surface area contributed by atoms with E-state index in [0.717, 1.165) is 34.4 Å². The number of hydrogen-bond acceptors (Lipinski definition) is 3. The second-order valence-electron chi connectivity index (χ2n) is 4.64. The van der Waals surface area contributed by atoms with E-state index in [-0.39, 0.29) is 0 Å². The maximum absolute atomic E-state index is 11.5. The minimum absolute atomic E-state index is 0.531. The highest BCUT2D eigenvalue weighted by molar-refractivity contribution is 7.93. The molecule has 0 spiro atoms. The fraction of sp³-hybridized carbons (Fsp3) is 0.500. The lowest BCUT2D eigenvalue weighted by Gasteiger charge is -2.21. The standard InChI is InChI=1S/C12H17ClN2O2S/c1-10-5-6-11(14-7-3-4-8-14)9-12(10)15(13)18(2,16)17/h5-6,9H,3-4,7-8H2,1-2H3. The lowest BCUT2D eigenvalue weighted by atomic mass is 10.2. The monoisotopic (exact) mass is 288 g/mol. The summed E-state index contributed by atoms with van der Waals surface area (Å²) in [6, 6.07) is 5.76. The van der Waals surface area contributed by atoms with Gasteiger partial charge in [-0.3, -0.25) is 0 Å². The van der Waals surface area contributed by atoms with Crippen molar-refractivity contribution < 1.29 is 8.42 Å². The lowest BCUT2D eigenvalue weighted by Crippen LogP contribution is -2.22. The molecular formula is C12H17ClN2O2S. The summed E-state index contributed by atoms with van der Waals surface area (Å²) >= 11 is 5.89. The van der Waals surface area contributed by atoms with Crippen LogP contribution in [0.15, 0.2) is 18.2 Å². The van der Waals surface area contributed by atoms with Crippen LogP contribution in [0, 0.1) is 6.92 Å². The molecule has 4 nitrogen and oxygen atoms in total. The predicted molar refractivity (Wildman–Crippen MR) is 75.8 cm³/mol. The first-order chi connectivity index (χ1) is 8.39. The number of aryl methyl sites for hydroxylation is 1.